The van der Waals surface area contributed by atoms with Gasteiger partial charge in [0.1, 0.15) is 0 Å². The number of aromatic nitrogens is 2. The van der Waals surface area contributed by atoms with Crippen LogP contribution in [0.1, 0.15) is 0 Å². The molecule has 2 rings (SSSR count). The summed E-state index contributed by atoms with van der Waals surface area (Å²) in [6, 6.07) is 5.11. The van der Waals surface area contributed by atoms with E-state index in [0.717, 1.165) is 11.0 Å². The van der Waals surface area contributed by atoms with Gasteiger partial charge in [-0.2, -0.15) is 0 Å². The van der Waals surface area contributed by atoms with E-state index >= 15 is 0 Å². The van der Waals surface area contributed by atoms with E-state index in [1.807, 2.05) is 12.1 Å². The van der Waals surface area contributed by atoms with Crippen molar-refractivity contribution in [2.45, 2.75) is 0 Å². The lowest BCUT2D eigenvalue weighted by molar-refractivity contribution is 0.255. The molecule has 0 fully saturated rings. The summed E-state index contributed by atoms with van der Waals surface area (Å²) in [4.78, 5) is 18.2. The van der Waals surface area contributed by atoms with E-state index in [0.29, 0.717) is 5.69 Å². The van der Waals surface area contributed by atoms with E-state index in [2.05, 4.69) is 27.2 Å². The standard InChI is InChI=1S/C10H10N4O/c1-2-11-10(15)14-7-3-4-8-9(5-7)13-6-12-8/h2-6H,1H2,(H,12,13)(H2,11,14,15). The van der Waals surface area contributed by atoms with Gasteiger partial charge in [0.05, 0.1) is 17.4 Å². The minimum atomic E-state index is -0.316. The maximum atomic E-state index is 11.2. The van der Waals surface area contributed by atoms with Crippen molar-refractivity contribution in [2.24, 2.45) is 0 Å². The first-order valence-electron chi connectivity index (χ1n) is 4.41. The number of benzene rings is 1. The number of nitrogens with zero attached hydrogens (tertiary/aromatic N) is 1. The molecule has 0 aliphatic rings. The smallest absolute Gasteiger partial charge is 0.323 e. The number of amides is 2. The Bertz CT molecular complexity index is 503. The number of anilines is 1. The number of hydrogen-bond donors (Lipinski definition) is 3. The van der Waals surface area contributed by atoms with E-state index in [1.54, 1.807) is 12.4 Å². The molecule has 1 aromatic heterocycles. The second-order valence-corrected chi connectivity index (χ2v) is 2.94. The Morgan fingerprint density at radius 1 is 1.53 bits per heavy atom. The molecular weight excluding hydrogens is 192 g/mol. The van der Waals surface area contributed by atoms with Crippen molar-refractivity contribution in [1.29, 1.82) is 0 Å². The molecule has 5 heteroatoms. The van der Waals surface area contributed by atoms with Crippen LogP contribution >= 0.6 is 0 Å². The number of fused-ring (bicyclic) bond motifs is 1. The van der Waals surface area contributed by atoms with E-state index in [4.69, 9.17) is 0 Å². The largest absolute Gasteiger partial charge is 0.345 e. The molecule has 76 valence electrons. The number of aromatic amines is 1. The quantitative estimate of drug-likeness (QED) is 0.695. The predicted octanol–water partition coefficient (Wildman–Crippen LogP) is 1.83. The Hall–Kier alpha value is -2.30. The topological polar surface area (TPSA) is 69.8 Å². The third kappa shape index (κ3) is 1.96. The maximum absolute atomic E-state index is 11.2. The highest BCUT2D eigenvalue weighted by molar-refractivity contribution is 5.92. The highest BCUT2D eigenvalue weighted by atomic mass is 16.2. The molecule has 0 aliphatic carbocycles. The number of rotatable bonds is 2. The third-order valence-electron chi connectivity index (χ3n) is 1.91. The van der Waals surface area contributed by atoms with Crippen LogP contribution in [0.5, 0.6) is 0 Å². The lowest BCUT2D eigenvalue weighted by Crippen LogP contribution is -2.23. The van der Waals surface area contributed by atoms with Gasteiger partial charge in [0.25, 0.3) is 0 Å². The summed E-state index contributed by atoms with van der Waals surface area (Å²) in [5.41, 5.74) is 2.45. The lowest BCUT2D eigenvalue weighted by atomic mass is 10.3. The fourth-order valence-corrected chi connectivity index (χ4v) is 1.27. The fourth-order valence-electron chi connectivity index (χ4n) is 1.27. The summed E-state index contributed by atoms with van der Waals surface area (Å²) in [5.74, 6) is 0. The van der Waals surface area contributed by atoms with Gasteiger partial charge in [0.15, 0.2) is 0 Å². The van der Waals surface area contributed by atoms with Crippen molar-refractivity contribution < 1.29 is 4.79 Å². The number of nitrogens with one attached hydrogen (secondary N) is 3. The predicted molar refractivity (Wildman–Crippen MR) is 58.4 cm³/mol. The van der Waals surface area contributed by atoms with Gasteiger partial charge in [-0.1, -0.05) is 6.58 Å². The molecule has 0 saturated heterocycles. The first kappa shape index (κ1) is 9.26. The molecule has 0 atom stereocenters. The molecule has 15 heavy (non-hydrogen) atoms. The molecule has 1 aromatic carbocycles. The fraction of sp³-hybridized carbons (Fsp3) is 0. The number of carbonyl (C=O) groups excluding carboxylic acids is 1. The SMILES string of the molecule is C=CNC(=O)Nc1ccc2nc[nH]c2c1. The normalized spacial score (nSPS) is 9.87. The molecule has 0 unspecified atom stereocenters. The van der Waals surface area contributed by atoms with Gasteiger partial charge in [-0.25, -0.2) is 9.78 Å². The lowest BCUT2D eigenvalue weighted by Gasteiger charge is -2.03. The van der Waals surface area contributed by atoms with Gasteiger partial charge in [0.2, 0.25) is 0 Å². The summed E-state index contributed by atoms with van der Waals surface area (Å²) in [7, 11) is 0. The second-order valence-electron chi connectivity index (χ2n) is 2.94. The van der Waals surface area contributed by atoms with Crippen LogP contribution in [-0.2, 0) is 0 Å². The number of carbonyl (C=O) groups is 1. The summed E-state index contributed by atoms with van der Waals surface area (Å²) in [6.07, 6.45) is 2.93. The molecule has 2 aromatic rings. The Morgan fingerprint density at radius 3 is 3.20 bits per heavy atom. The molecule has 0 radical (unpaired) electrons. The van der Waals surface area contributed by atoms with Crippen LogP contribution in [0.25, 0.3) is 11.0 Å². The number of hydrogen-bond acceptors (Lipinski definition) is 2. The maximum Gasteiger partial charge on any atom is 0.323 e. The van der Waals surface area contributed by atoms with Crippen LogP contribution in [0.4, 0.5) is 10.5 Å². The van der Waals surface area contributed by atoms with Gasteiger partial charge in [-0.15, -0.1) is 0 Å². The van der Waals surface area contributed by atoms with E-state index in [9.17, 15) is 4.79 Å². The minimum absolute atomic E-state index is 0.316. The zero-order chi connectivity index (χ0) is 10.7. The average molecular weight is 202 g/mol. The van der Waals surface area contributed by atoms with Gasteiger partial charge in [-0.3, -0.25) is 0 Å². The summed E-state index contributed by atoms with van der Waals surface area (Å²) >= 11 is 0. The van der Waals surface area contributed by atoms with Gasteiger partial charge in [-0.05, 0) is 24.4 Å². The van der Waals surface area contributed by atoms with Gasteiger partial charge >= 0.3 is 6.03 Å². The Labute approximate surface area is 86.2 Å². The van der Waals surface area contributed by atoms with E-state index < -0.39 is 0 Å². The molecule has 0 saturated carbocycles. The molecule has 3 N–H and O–H groups in total. The first-order chi connectivity index (χ1) is 7.29. The van der Waals surface area contributed by atoms with E-state index in [-0.39, 0.29) is 6.03 Å². The molecule has 0 bridgehead atoms. The van der Waals surface area contributed by atoms with Crippen LogP contribution in [0.3, 0.4) is 0 Å². The summed E-state index contributed by atoms with van der Waals surface area (Å²) in [5, 5.41) is 5.08. The van der Waals surface area contributed by atoms with Crippen LogP contribution in [0, 0.1) is 0 Å². The summed E-state index contributed by atoms with van der Waals surface area (Å²) in [6.45, 7) is 3.40. The van der Waals surface area contributed by atoms with Crippen molar-refractivity contribution in [3.8, 4) is 0 Å². The van der Waals surface area contributed by atoms with Crippen molar-refractivity contribution in [3.05, 3.63) is 37.3 Å². The van der Waals surface area contributed by atoms with Crippen molar-refractivity contribution in [2.75, 3.05) is 5.32 Å². The molecule has 5 nitrogen and oxygen atoms in total. The first-order valence-corrected chi connectivity index (χ1v) is 4.41. The highest BCUT2D eigenvalue weighted by Crippen LogP contribution is 2.15. The zero-order valence-electron chi connectivity index (χ0n) is 7.95. The Morgan fingerprint density at radius 2 is 2.40 bits per heavy atom. The second kappa shape index (κ2) is 3.83. The van der Waals surface area contributed by atoms with Crippen LogP contribution in [0.15, 0.2) is 37.3 Å². The van der Waals surface area contributed by atoms with E-state index in [1.165, 1.54) is 6.20 Å². The highest BCUT2D eigenvalue weighted by Gasteiger charge is 2.01. The number of imidazole rings is 1. The Balaban J connectivity index is 2.21. The monoisotopic (exact) mass is 202 g/mol. The third-order valence-corrected chi connectivity index (χ3v) is 1.91. The zero-order valence-corrected chi connectivity index (χ0v) is 7.95. The molecule has 2 amide bonds. The van der Waals surface area contributed by atoms with Crippen LogP contribution < -0.4 is 10.6 Å². The molecule has 0 spiro atoms. The summed E-state index contributed by atoms with van der Waals surface area (Å²) < 4.78 is 0. The van der Waals surface area contributed by atoms with Crippen molar-refractivity contribution in [1.82, 2.24) is 15.3 Å². The number of urea groups is 1. The molecule has 0 aliphatic heterocycles. The average Bonchev–Trinajstić information content (AvgIpc) is 2.65. The van der Waals surface area contributed by atoms with Crippen LogP contribution in [0.2, 0.25) is 0 Å². The number of H-pyrrole nitrogens is 1. The Kier molecular flexibility index (Phi) is 2.37. The molecular formula is C10H10N4O. The van der Waals surface area contributed by atoms with Crippen molar-refractivity contribution in [3.63, 3.8) is 0 Å². The van der Waals surface area contributed by atoms with Gasteiger partial charge < -0.3 is 15.6 Å². The van der Waals surface area contributed by atoms with Crippen LogP contribution in [-0.4, -0.2) is 16.0 Å². The van der Waals surface area contributed by atoms with Gasteiger partial charge in [0, 0.05) is 5.69 Å². The molecule has 1 heterocycles. The van der Waals surface area contributed by atoms with Crippen molar-refractivity contribution >= 4 is 22.8 Å². The minimum Gasteiger partial charge on any atom is -0.345 e.